The number of aryl methyl sites for hydroxylation is 1. The van der Waals surface area contributed by atoms with Gasteiger partial charge in [0.15, 0.2) is 0 Å². The first-order valence-corrected chi connectivity index (χ1v) is 4.35. The molecule has 1 aliphatic rings. The summed E-state index contributed by atoms with van der Waals surface area (Å²) in [5.74, 6) is 0. The summed E-state index contributed by atoms with van der Waals surface area (Å²) in [5.41, 5.74) is 5.72. The standard InChI is InChI=1S/C11H14N/c1-8-4-5-11-10(9(8)2)6-7-12(11)3/h4-5,7H,6H2,1-3H3/q+1. The normalized spacial score (nSPS) is 14.4. The Balaban J connectivity index is 2.66. The van der Waals surface area contributed by atoms with Crippen LogP contribution in [0.2, 0.25) is 0 Å². The molecule has 0 fully saturated rings. The van der Waals surface area contributed by atoms with Crippen LogP contribution in [0.3, 0.4) is 0 Å². The SMILES string of the molecule is Cc1ccc2c(c1C)CC=[N+]2C. The predicted molar refractivity (Wildman–Crippen MR) is 51.5 cm³/mol. The van der Waals surface area contributed by atoms with E-state index < -0.39 is 0 Å². The lowest BCUT2D eigenvalue weighted by Gasteiger charge is -2.03. The lowest BCUT2D eigenvalue weighted by molar-refractivity contribution is -0.396. The summed E-state index contributed by atoms with van der Waals surface area (Å²) in [6, 6.07) is 4.41. The molecule has 0 bridgehead atoms. The third-order valence-electron chi connectivity index (χ3n) is 2.79. The van der Waals surface area contributed by atoms with Gasteiger partial charge in [0.05, 0.1) is 6.42 Å². The van der Waals surface area contributed by atoms with Crippen LogP contribution in [-0.2, 0) is 6.42 Å². The molecule has 1 heteroatoms. The number of hydrogen-bond acceptors (Lipinski definition) is 0. The van der Waals surface area contributed by atoms with Gasteiger partial charge >= 0.3 is 0 Å². The average Bonchev–Trinajstić information content (AvgIpc) is 2.41. The molecule has 0 aliphatic carbocycles. The van der Waals surface area contributed by atoms with Gasteiger partial charge in [0.2, 0.25) is 5.69 Å². The van der Waals surface area contributed by atoms with Crippen molar-refractivity contribution in [1.82, 2.24) is 0 Å². The van der Waals surface area contributed by atoms with Gasteiger partial charge in [-0.2, -0.15) is 0 Å². The molecule has 0 N–H and O–H groups in total. The highest BCUT2D eigenvalue weighted by Crippen LogP contribution is 2.27. The van der Waals surface area contributed by atoms with Gasteiger partial charge in [0, 0.05) is 11.6 Å². The molecule has 1 aliphatic heterocycles. The first kappa shape index (κ1) is 7.53. The van der Waals surface area contributed by atoms with Crippen LogP contribution in [0.15, 0.2) is 12.1 Å². The monoisotopic (exact) mass is 160 g/mol. The van der Waals surface area contributed by atoms with E-state index in [1.54, 1.807) is 0 Å². The molecule has 1 aromatic carbocycles. The van der Waals surface area contributed by atoms with E-state index in [0.717, 1.165) is 6.42 Å². The van der Waals surface area contributed by atoms with E-state index in [0.29, 0.717) is 0 Å². The summed E-state index contributed by atoms with van der Waals surface area (Å²) in [6.45, 7) is 4.38. The highest BCUT2D eigenvalue weighted by Gasteiger charge is 2.20. The second-order valence-corrected chi connectivity index (χ2v) is 3.50. The van der Waals surface area contributed by atoms with Crippen molar-refractivity contribution in [3.63, 3.8) is 0 Å². The molecule has 0 saturated heterocycles. The Hall–Kier alpha value is -1.11. The van der Waals surface area contributed by atoms with Gasteiger partial charge in [-0.25, -0.2) is 4.58 Å². The molecule has 0 atom stereocenters. The molecule has 62 valence electrons. The summed E-state index contributed by atoms with van der Waals surface area (Å²) in [4.78, 5) is 0. The smallest absolute Gasteiger partial charge is 0.205 e. The fourth-order valence-electron chi connectivity index (χ4n) is 1.77. The molecule has 0 radical (unpaired) electrons. The van der Waals surface area contributed by atoms with Crippen LogP contribution in [0.4, 0.5) is 5.69 Å². The second kappa shape index (κ2) is 2.44. The van der Waals surface area contributed by atoms with Crippen LogP contribution in [0.25, 0.3) is 0 Å². The first-order chi connectivity index (χ1) is 5.70. The third kappa shape index (κ3) is 0.893. The zero-order chi connectivity index (χ0) is 8.72. The average molecular weight is 160 g/mol. The summed E-state index contributed by atoms with van der Waals surface area (Å²) >= 11 is 0. The molecule has 1 heterocycles. The molecule has 2 rings (SSSR count). The molecule has 0 spiro atoms. The van der Waals surface area contributed by atoms with Crippen LogP contribution >= 0.6 is 0 Å². The number of rotatable bonds is 0. The number of hydrogen-bond donors (Lipinski definition) is 0. The minimum atomic E-state index is 1.10. The molecule has 0 amide bonds. The van der Waals surface area contributed by atoms with Crippen molar-refractivity contribution >= 4 is 11.9 Å². The Morgan fingerprint density at radius 3 is 2.75 bits per heavy atom. The topological polar surface area (TPSA) is 3.01 Å². The maximum Gasteiger partial charge on any atom is 0.208 e. The van der Waals surface area contributed by atoms with Crippen molar-refractivity contribution < 1.29 is 4.58 Å². The Morgan fingerprint density at radius 2 is 2.00 bits per heavy atom. The van der Waals surface area contributed by atoms with Crippen LogP contribution in [0.5, 0.6) is 0 Å². The predicted octanol–water partition coefficient (Wildman–Crippen LogP) is 2.20. The van der Waals surface area contributed by atoms with Crippen molar-refractivity contribution in [2.45, 2.75) is 20.3 Å². The molecule has 1 aromatic rings. The van der Waals surface area contributed by atoms with Crippen molar-refractivity contribution in [1.29, 1.82) is 0 Å². The van der Waals surface area contributed by atoms with E-state index in [4.69, 9.17) is 0 Å². The Bertz CT molecular complexity index is 362. The van der Waals surface area contributed by atoms with E-state index in [1.165, 1.54) is 22.4 Å². The summed E-state index contributed by atoms with van der Waals surface area (Å²) in [5, 5.41) is 0. The van der Waals surface area contributed by atoms with Gasteiger partial charge < -0.3 is 0 Å². The summed E-state index contributed by atoms with van der Waals surface area (Å²) in [7, 11) is 2.11. The van der Waals surface area contributed by atoms with Crippen LogP contribution in [0.1, 0.15) is 16.7 Å². The van der Waals surface area contributed by atoms with Crippen molar-refractivity contribution in [3.8, 4) is 0 Å². The molecular weight excluding hydrogens is 146 g/mol. The van der Waals surface area contributed by atoms with E-state index in [2.05, 4.69) is 43.8 Å². The van der Waals surface area contributed by atoms with E-state index in [9.17, 15) is 0 Å². The van der Waals surface area contributed by atoms with Gasteiger partial charge in [0.25, 0.3) is 0 Å². The molecule has 1 nitrogen and oxygen atoms in total. The van der Waals surface area contributed by atoms with E-state index in [1.807, 2.05) is 0 Å². The van der Waals surface area contributed by atoms with Crippen LogP contribution in [0, 0.1) is 13.8 Å². The molecule has 0 unspecified atom stereocenters. The quantitative estimate of drug-likeness (QED) is 0.512. The molecule has 0 aromatic heterocycles. The van der Waals surface area contributed by atoms with Gasteiger partial charge in [-0.05, 0) is 25.0 Å². The lowest BCUT2D eigenvalue weighted by atomic mass is 10.0. The Kier molecular flexibility index (Phi) is 1.53. The molecule has 12 heavy (non-hydrogen) atoms. The Labute approximate surface area is 73.4 Å². The fourth-order valence-corrected chi connectivity index (χ4v) is 1.77. The highest BCUT2D eigenvalue weighted by molar-refractivity contribution is 5.69. The molecular formula is C11H14N+. The summed E-state index contributed by atoms with van der Waals surface area (Å²) in [6.07, 6.45) is 3.33. The van der Waals surface area contributed by atoms with Gasteiger partial charge in [-0.15, -0.1) is 0 Å². The van der Waals surface area contributed by atoms with Gasteiger partial charge in [-0.3, -0.25) is 0 Å². The first-order valence-electron chi connectivity index (χ1n) is 4.35. The Morgan fingerprint density at radius 1 is 1.25 bits per heavy atom. The number of fused-ring (bicyclic) bond motifs is 1. The minimum absolute atomic E-state index is 1.10. The number of nitrogens with zero attached hydrogens (tertiary/aromatic N) is 1. The zero-order valence-corrected chi connectivity index (χ0v) is 7.89. The summed E-state index contributed by atoms with van der Waals surface area (Å²) < 4.78 is 2.21. The van der Waals surface area contributed by atoms with E-state index >= 15 is 0 Å². The van der Waals surface area contributed by atoms with Gasteiger partial charge in [-0.1, -0.05) is 6.07 Å². The molecule has 0 saturated carbocycles. The highest BCUT2D eigenvalue weighted by atomic mass is 15.0. The van der Waals surface area contributed by atoms with Crippen LogP contribution < -0.4 is 0 Å². The van der Waals surface area contributed by atoms with Crippen molar-refractivity contribution in [3.05, 3.63) is 28.8 Å². The second-order valence-electron chi connectivity index (χ2n) is 3.50. The lowest BCUT2D eigenvalue weighted by Crippen LogP contribution is -1.93. The third-order valence-corrected chi connectivity index (χ3v) is 2.79. The van der Waals surface area contributed by atoms with Crippen LogP contribution in [-0.4, -0.2) is 17.8 Å². The maximum atomic E-state index is 2.23. The van der Waals surface area contributed by atoms with Crippen molar-refractivity contribution in [2.24, 2.45) is 0 Å². The fraction of sp³-hybridized carbons (Fsp3) is 0.364. The van der Waals surface area contributed by atoms with E-state index in [-0.39, 0.29) is 0 Å². The van der Waals surface area contributed by atoms with Crippen molar-refractivity contribution in [2.75, 3.05) is 7.05 Å². The van der Waals surface area contributed by atoms with Gasteiger partial charge in [0.1, 0.15) is 13.3 Å². The zero-order valence-electron chi connectivity index (χ0n) is 7.89. The minimum Gasteiger partial charge on any atom is -0.205 e. The maximum absolute atomic E-state index is 2.23. The number of benzene rings is 1. The largest absolute Gasteiger partial charge is 0.208 e.